The van der Waals surface area contributed by atoms with Crippen molar-refractivity contribution in [3.8, 4) is 0 Å². The number of nitrogens with zero attached hydrogens (tertiary/aromatic N) is 2. The van der Waals surface area contributed by atoms with Gasteiger partial charge in [-0.1, -0.05) is 12.1 Å². The second-order valence-corrected chi connectivity index (χ2v) is 4.72. The molecule has 0 amide bonds. The summed E-state index contributed by atoms with van der Waals surface area (Å²) in [6.07, 6.45) is 1.12. The molecule has 1 heterocycles. The monoisotopic (exact) mass is 285 g/mol. The molecule has 0 saturated heterocycles. The first-order chi connectivity index (χ1) is 9.80. The predicted octanol–water partition coefficient (Wildman–Crippen LogP) is 1.27. The maximum Gasteiger partial charge on any atom is 0.151 e. The molecule has 20 heavy (non-hydrogen) atoms. The van der Waals surface area contributed by atoms with E-state index in [2.05, 4.69) is 22.3 Å². The molecule has 0 saturated carbocycles. The van der Waals surface area contributed by atoms with Crippen LogP contribution in [0.25, 0.3) is 0 Å². The van der Waals surface area contributed by atoms with Gasteiger partial charge in [-0.25, -0.2) is 0 Å². The zero-order chi connectivity index (χ0) is 14.6. The van der Waals surface area contributed by atoms with Crippen molar-refractivity contribution in [3.63, 3.8) is 0 Å². The highest BCUT2D eigenvalue weighted by Gasteiger charge is 2.10. The van der Waals surface area contributed by atoms with E-state index in [9.17, 15) is 0 Å². The average molecular weight is 285 g/mol. The van der Waals surface area contributed by atoms with Crippen molar-refractivity contribution in [2.75, 3.05) is 47.1 Å². The van der Waals surface area contributed by atoms with Crippen LogP contribution in [-0.4, -0.2) is 57.1 Å². The minimum Gasteiger partial charge on any atom is -0.383 e. The summed E-state index contributed by atoms with van der Waals surface area (Å²) in [7, 11) is 3.42. The van der Waals surface area contributed by atoms with Crippen molar-refractivity contribution in [2.45, 2.75) is 26.4 Å². The Labute approximate surface area is 121 Å². The SMILES string of the molecule is CCCNCc1cc(CN(CCOC)CCOC)on1. The van der Waals surface area contributed by atoms with Gasteiger partial charge in [-0.15, -0.1) is 0 Å². The summed E-state index contributed by atoms with van der Waals surface area (Å²) in [5, 5.41) is 7.39. The number of rotatable bonds is 12. The highest BCUT2D eigenvalue weighted by molar-refractivity contribution is 5.05. The van der Waals surface area contributed by atoms with E-state index in [0.29, 0.717) is 13.2 Å². The van der Waals surface area contributed by atoms with E-state index in [0.717, 1.165) is 50.6 Å². The third-order valence-corrected chi connectivity index (χ3v) is 2.94. The fourth-order valence-electron chi connectivity index (χ4n) is 1.84. The van der Waals surface area contributed by atoms with Crippen molar-refractivity contribution in [1.82, 2.24) is 15.4 Å². The molecule has 6 nitrogen and oxygen atoms in total. The van der Waals surface area contributed by atoms with Gasteiger partial charge in [-0.3, -0.25) is 4.90 Å². The maximum absolute atomic E-state index is 5.37. The van der Waals surface area contributed by atoms with Gasteiger partial charge in [0.2, 0.25) is 0 Å². The number of methoxy groups -OCH3 is 2. The van der Waals surface area contributed by atoms with Crippen molar-refractivity contribution in [3.05, 3.63) is 17.5 Å². The summed E-state index contributed by atoms with van der Waals surface area (Å²) >= 11 is 0. The zero-order valence-electron chi connectivity index (χ0n) is 12.9. The molecule has 0 aliphatic heterocycles. The Hall–Kier alpha value is -0.950. The molecule has 0 atom stereocenters. The molecule has 0 aliphatic carbocycles. The molecule has 0 spiro atoms. The van der Waals surface area contributed by atoms with Gasteiger partial charge >= 0.3 is 0 Å². The van der Waals surface area contributed by atoms with Crippen molar-refractivity contribution in [1.29, 1.82) is 0 Å². The highest BCUT2D eigenvalue weighted by Crippen LogP contribution is 2.07. The Kier molecular flexibility index (Phi) is 9.23. The summed E-state index contributed by atoms with van der Waals surface area (Å²) in [4.78, 5) is 2.23. The largest absolute Gasteiger partial charge is 0.383 e. The summed E-state index contributed by atoms with van der Waals surface area (Å²) in [6.45, 7) is 7.72. The Bertz CT molecular complexity index is 336. The van der Waals surface area contributed by atoms with E-state index in [1.165, 1.54) is 0 Å². The van der Waals surface area contributed by atoms with Gasteiger partial charge in [-0.05, 0) is 13.0 Å². The molecule has 0 fully saturated rings. The van der Waals surface area contributed by atoms with E-state index < -0.39 is 0 Å². The van der Waals surface area contributed by atoms with Crippen LogP contribution in [0.1, 0.15) is 24.8 Å². The van der Waals surface area contributed by atoms with E-state index in [-0.39, 0.29) is 0 Å². The topological polar surface area (TPSA) is 59.8 Å². The molecule has 0 unspecified atom stereocenters. The van der Waals surface area contributed by atoms with Crippen LogP contribution in [0.4, 0.5) is 0 Å². The van der Waals surface area contributed by atoms with Crippen molar-refractivity contribution in [2.24, 2.45) is 0 Å². The van der Waals surface area contributed by atoms with Crippen LogP contribution in [0.2, 0.25) is 0 Å². The van der Waals surface area contributed by atoms with Crippen LogP contribution in [0, 0.1) is 0 Å². The molecule has 0 bridgehead atoms. The highest BCUT2D eigenvalue weighted by atomic mass is 16.5. The number of nitrogens with one attached hydrogen (secondary N) is 1. The number of hydrogen-bond acceptors (Lipinski definition) is 6. The maximum atomic E-state index is 5.37. The Balaban J connectivity index is 2.41. The Morgan fingerprint density at radius 2 is 1.95 bits per heavy atom. The van der Waals surface area contributed by atoms with Gasteiger partial charge in [-0.2, -0.15) is 0 Å². The van der Waals surface area contributed by atoms with Gasteiger partial charge in [0.25, 0.3) is 0 Å². The van der Waals surface area contributed by atoms with Gasteiger partial charge in [0.15, 0.2) is 5.76 Å². The number of aromatic nitrogens is 1. The van der Waals surface area contributed by atoms with E-state index in [1.54, 1.807) is 14.2 Å². The first-order valence-electron chi connectivity index (χ1n) is 7.15. The van der Waals surface area contributed by atoms with Crippen LogP contribution in [-0.2, 0) is 22.6 Å². The van der Waals surface area contributed by atoms with Crippen LogP contribution >= 0.6 is 0 Å². The molecule has 1 rings (SSSR count). The lowest BCUT2D eigenvalue weighted by atomic mass is 10.3. The summed E-state index contributed by atoms with van der Waals surface area (Å²) in [5.74, 6) is 0.880. The molecule has 0 radical (unpaired) electrons. The lowest BCUT2D eigenvalue weighted by Crippen LogP contribution is -2.30. The fraction of sp³-hybridized carbons (Fsp3) is 0.786. The Morgan fingerprint density at radius 1 is 1.25 bits per heavy atom. The van der Waals surface area contributed by atoms with Crippen LogP contribution in [0.5, 0.6) is 0 Å². The third-order valence-electron chi connectivity index (χ3n) is 2.94. The zero-order valence-corrected chi connectivity index (χ0v) is 12.9. The van der Waals surface area contributed by atoms with Crippen molar-refractivity contribution < 1.29 is 14.0 Å². The standard InChI is InChI=1S/C14H27N3O3/c1-4-5-15-11-13-10-14(20-16-13)12-17(6-8-18-2)7-9-19-3/h10,15H,4-9,11-12H2,1-3H3. The third kappa shape index (κ3) is 7.00. The molecule has 116 valence electrons. The lowest BCUT2D eigenvalue weighted by Gasteiger charge is -2.19. The van der Waals surface area contributed by atoms with E-state index >= 15 is 0 Å². The molecular formula is C14H27N3O3. The van der Waals surface area contributed by atoms with E-state index in [4.69, 9.17) is 14.0 Å². The average Bonchev–Trinajstić information content (AvgIpc) is 2.89. The fourth-order valence-corrected chi connectivity index (χ4v) is 1.84. The normalized spacial score (nSPS) is 11.4. The smallest absolute Gasteiger partial charge is 0.151 e. The molecule has 1 N–H and O–H groups in total. The van der Waals surface area contributed by atoms with Crippen LogP contribution in [0.15, 0.2) is 10.6 Å². The molecule has 1 aromatic rings. The predicted molar refractivity (Wildman–Crippen MR) is 77.5 cm³/mol. The molecule has 1 aromatic heterocycles. The number of hydrogen-bond donors (Lipinski definition) is 1. The first kappa shape index (κ1) is 17.1. The second kappa shape index (κ2) is 10.8. The van der Waals surface area contributed by atoms with E-state index in [1.807, 2.05) is 6.07 Å². The summed E-state index contributed by atoms with van der Waals surface area (Å²) in [5.41, 5.74) is 0.951. The molecular weight excluding hydrogens is 258 g/mol. The van der Waals surface area contributed by atoms with Crippen LogP contribution < -0.4 is 5.32 Å². The quantitative estimate of drug-likeness (QED) is 0.584. The summed E-state index contributed by atoms with van der Waals surface area (Å²) in [6, 6.07) is 2.01. The van der Waals surface area contributed by atoms with Crippen molar-refractivity contribution >= 4 is 0 Å². The second-order valence-electron chi connectivity index (χ2n) is 4.72. The van der Waals surface area contributed by atoms with Gasteiger partial charge in [0.05, 0.1) is 25.5 Å². The van der Waals surface area contributed by atoms with Crippen LogP contribution in [0.3, 0.4) is 0 Å². The minimum absolute atomic E-state index is 0.697. The minimum atomic E-state index is 0.697. The Morgan fingerprint density at radius 3 is 2.55 bits per heavy atom. The number of ether oxygens (including phenoxy) is 2. The lowest BCUT2D eigenvalue weighted by molar-refractivity contribution is 0.104. The molecule has 0 aromatic carbocycles. The molecule has 6 heteroatoms. The first-order valence-corrected chi connectivity index (χ1v) is 7.15. The van der Waals surface area contributed by atoms with Gasteiger partial charge in [0, 0.05) is 39.9 Å². The molecule has 0 aliphatic rings. The van der Waals surface area contributed by atoms with Gasteiger partial charge < -0.3 is 19.3 Å². The van der Waals surface area contributed by atoms with Gasteiger partial charge in [0.1, 0.15) is 0 Å². The summed E-state index contributed by atoms with van der Waals surface area (Å²) < 4.78 is 15.6.